The van der Waals surface area contributed by atoms with Gasteiger partial charge < -0.3 is 0 Å². The molecule has 6 aromatic rings. The molecule has 2 nitrogen and oxygen atoms in total. The molecule has 0 unspecified atom stereocenters. The first-order valence-electron chi connectivity index (χ1n) is 10.5. The third-order valence-electron chi connectivity index (χ3n) is 5.80. The largest absolute Gasteiger partial charge is 0.232 e. The quantitative estimate of drug-likeness (QED) is 0.303. The lowest BCUT2D eigenvalue weighted by molar-refractivity contribution is 0.918. The molecule has 0 N–H and O–H groups in total. The average Bonchev–Trinajstić information content (AvgIpc) is 3.26. The van der Waals surface area contributed by atoms with E-state index >= 15 is 0 Å². The fourth-order valence-electron chi connectivity index (χ4n) is 4.39. The summed E-state index contributed by atoms with van der Waals surface area (Å²) in [5, 5.41) is 8.78. The maximum absolute atomic E-state index is 5.18. The number of para-hydroxylation sites is 1. The van der Waals surface area contributed by atoms with Crippen LogP contribution in [0.1, 0.15) is 0 Å². The molecule has 0 aliphatic heterocycles. The SMILES string of the molecule is c1ccc(-c2cc3ccccc3c3c2c(-c2ccccc2)nn3-c2ccccc2)cc1. The first-order chi connectivity index (χ1) is 15.4. The van der Waals surface area contributed by atoms with E-state index in [9.17, 15) is 0 Å². The number of aromatic nitrogens is 2. The maximum Gasteiger partial charge on any atom is 0.101 e. The van der Waals surface area contributed by atoms with Crippen LogP contribution >= 0.6 is 0 Å². The van der Waals surface area contributed by atoms with Gasteiger partial charge in [0.05, 0.1) is 11.2 Å². The minimum absolute atomic E-state index is 1.00. The maximum atomic E-state index is 5.18. The normalized spacial score (nSPS) is 11.2. The van der Waals surface area contributed by atoms with Crippen LogP contribution in [0, 0.1) is 0 Å². The molecule has 1 heterocycles. The van der Waals surface area contributed by atoms with E-state index in [2.05, 4.69) is 114 Å². The number of benzene rings is 5. The zero-order valence-corrected chi connectivity index (χ0v) is 16.9. The van der Waals surface area contributed by atoms with Crippen LogP contribution in [-0.4, -0.2) is 9.78 Å². The lowest BCUT2D eigenvalue weighted by Gasteiger charge is -2.11. The molecule has 0 aliphatic rings. The lowest BCUT2D eigenvalue weighted by Crippen LogP contribution is -1.96. The molecule has 0 radical (unpaired) electrons. The highest BCUT2D eigenvalue weighted by Gasteiger charge is 2.20. The van der Waals surface area contributed by atoms with E-state index in [0.29, 0.717) is 0 Å². The van der Waals surface area contributed by atoms with E-state index < -0.39 is 0 Å². The Hall–Kier alpha value is -4.17. The second kappa shape index (κ2) is 7.26. The van der Waals surface area contributed by atoms with Crippen molar-refractivity contribution in [2.45, 2.75) is 0 Å². The summed E-state index contributed by atoms with van der Waals surface area (Å²) in [6.07, 6.45) is 0. The van der Waals surface area contributed by atoms with Gasteiger partial charge in [0.25, 0.3) is 0 Å². The molecule has 6 rings (SSSR count). The fraction of sp³-hybridized carbons (Fsp3) is 0. The van der Waals surface area contributed by atoms with Crippen LogP contribution in [0.25, 0.3) is 49.7 Å². The monoisotopic (exact) mass is 396 g/mol. The van der Waals surface area contributed by atoms with E-state index in [4.69, 9.17) is 5.10 Å². The van der Waals surface area contributed by atoms with Crippen LogP contribution in [0.2, 0.25) is 0 Å². The molecule has 0 aliphatic carbocycles. The van der Waals surface area contributed by atoms with Crippen molar-refractivity contribution in [3.05, 3.63) is 121 Å². The van der Waals surface area contributed by atoms with E-state index in [1.807, 2.05) is 12.1 Å². The van der Waals surface area contributed by atoms with Gasteiger partial charge in [0.2, 0.25) is 0 Å². The fourth-order valence-corrected chi connectivity index (χ4v) is 4.39. The van der Waals surface area contributed by atoms with Crippen molar-refractivity contribution in [2.75, 3.05) is 0 Å². The second-order valence-corrected chi connectivity index (χ2v) is 7.70. The summed E-state index contributed by atoms with van der Waals surface area (Å²) in [4.78, 5) is 0. The second-order valence-electron chi connectivity index (χ2n) is 7.70. The Bertz CT molecular complexity index is 1500. The Morgan fingerprint density at radius 1 is 0.548 bits per heavy atom. The van der Waals surface area contributed by atoms with Crippen molar-refractivity contribution >= 4 is 21.7 Å². The summed E-state index contributed by atoms with van der Waals surface area (Å²) < 4.78 is 2.10. The Labute approximate surface area is 181 Å². The molecule has 1 aromatic heterocycles. The van der Waals surface area contributed by atoms with Gasteiger partial charge in [-0.05, 0) is 34.7 Å². The Kier molecular flexibility index (Phi) is 4.14. The van der Waals surface area contributed by atoms with Crippen LogP contribution in [-0.2, 0) is 0 Å². The molecule has 2 heteroatoms. The minimum Gasteiger partial charge on any atom is -0.232 e. The zero-order chi connectivity index (χ0) is 20.6. The molecule has 0 spiro atoms. The summed E-state index contributed by atoms with van der Waals surface area (Å²) in [6.45, 7) is 0. The first kappa shape index (κ1) is 17.7. The van der Waals surface area contributed by atoms with Gasteiger partial charge >= 0.3 is 0 Å². The third-order valence-corrected chi connectivity index (χ3v) is 5.80. The van der Waals surface area contributed by atoms with Gasteiger partial charge in [-0.15, -0.1) is 0 Å². The molecule has 0 saturated heterocycles. The molecule has 31 heavy (non-hydrogen) atoms. The number of rotatable bonds is 3. The predicted molar refractivity (Wildman–Crippen MR) is 129 cm³/mol. The topological polar surface area (TPSA) is 17.8 Å². The smallest absolute Gasteiger partial charge is 0.101 e. The van der Waals surface area contributed by atoms with Gasteiger partial charge in [-0.3, -0.25) is 0 Å². The molecular formula is C29H20N2. The van der Waals surface area contributed by atoms with Gasteiger partial charge in [-0.25, -0.2) is 4.68 Å². The van der Waals surface area contributed by atoms with Crippen LogP contribution < -0.4 is 0 Å². The Balaban J connectivity index is 1.84. The van der Waals surface area contributed by atoms with Gasteiger partial charge in [-0.2, -0.15) is 5.10 Å². The highest BCUT2D eigenvalue weighted by molar-refractivity contribution is 6.17. The molecule has 0 saturated carbocycles. The van der Waals surface area contributed by atoms with E-state index in [1.54, 1.807) is 0 Å². The summed E-state index contributed by atoms with van der Waals surface area (Å²) in [7, 11) is 0. The Morgan fingerprint density at radius 3 is 1.84 bits per heavy atom. The predicted octanol–water partition coefficient (Wildman–Crippen LogP) is 7.51. The van der Waals surface area contributed by atoms with E-state index in [0.717, 1.165) is 22.5 Å². The van der Waals surface area contributed by atoms with Crippen LogP contribution in [0.4, 0.5) is 0 Å². The number of hydrogen-bond acceptors (Lipinski definition) is 1. The molecule has 5 aromatic carbocycles. The summed E-state index contributed by atoms with van der Waals surface area (Å²) in [5.41, 5.74) is 6.73. The van der Waals surface area contributed by atoms with Crippen LogP contribution in [0.15, 0.2) is 121 Å². The van der Waals surface area contributed by atoms with Crippen molar-refractivity contribution in [1.29, 1.82) is 0 Å². The summed E-state index contributed by atoms with van der Waals surface area (Å²) in [6, 6.07) is 42.4. The molecule has 146 valence electrons. The zero-order valence-electron chi connectivity index (χ0n) is 16.9. The highest BCUT2D eigenvalue weighted by Crippen LogP contribution is 2.41. The van der Waals surface area contributed by atoms with Crippen LogP contribution in [0.3, 0.4) is 0 Å². The summed E-state index contributed by atoms with van der Waals surface area (Å²) >= 11 is 0. The van der Waals surface area contributed by atoms with Crippen molar-refractivity contribution in [3.8, 4) is 28.1 Å². The Morgan fingerprint density at radius 2 is 1.13 bits per heavy atom. The highest BCUT2D eigenvalue weighted by atomic mass is 15.3. The molecule has 0 amide bonds. The van der Waals surface area contributed by atoms with Crippen molar-refractivity contribution < 1.29 is 0 Å². The van der Waals surface area contributed by atoms with Crippen molar-refractivity contribution in [3.63, 3.8) is 0 Å². The standard InChI is InChI=1S/C29H20N2/c1-4-12-21(13-5-1)26-20-23-16-10-11-19-25(23)29-27(26)28(22-14-6-2-7-15-22)30-31(29)24-17-8-3-9-18-24/h1-20H. The van der Waals surface area contributed by atoms with Gasteiger partial charge in [0.1, 0.15) is 5.69 Å². The minimum atomic E-state index is 1.00. The molecule has 0 atom stereocenters. The molecular weight excluding hydrogens is 376 g/mol. The van der Waals surface area contributed by atoms with Gasteiger partial charge in [0.15, 0.2) is 0 Å². The van der Waals surface area contributed by atoms with Gasteiger partial charge in [-0.1, -0.05) is 103 Å². The first-order valence-corrected chi connectivity index (χ1v) is 10.5. The van der Waals surface area contributed by atoms with Gasteiger partial charge in [0, 0.05) is 16.3 Å². The number of hydrogen-bond donors (Lipinski definition) is 0. The third kappa shape index (κ3) is 2.92. The van der Waals surface area contributed by atoms with Crippen molar-refractivity contribution in [2.24, 2.45) is 0 Å². The lowest BCUT2D eigenvalue weighted by atomic mass is 9.94. The molecule has 0 fully saturated rings. The average molecular weight is 396 g/mol. The van der Waals surface area contributed by atoms with Crippen LogP contribution in [0.5, 0.6) is 0 Å². The van der Waals surface area contributed by atoms with E-state index in [1.165, 1.54) is 27.3 Å². The number of fused-ring (bicyclic) bond motifs is 3. The number of nitrogens with zero attached hydrogens (tertiary/aromatic N) is 2. The van der Waals surface area contributed by atoms with Crippen molar-refractivity contribution in [1.82, 2.24) is 9.78 Å². The van der Waals surface area contributed by atoms with E-state index in [-0.39, 0.29) is 0 Å². The molecule has 0 bridgehead atoms. The summed E-state index contributed by atoms with van der Waals surface area (Å²) in [5.74, 6) is 0.